The van der Waals surface area contributed by atoms with Crippen LogP contribution >= 0.6 is 23.1 Å². The third-order valence-corrected chi connectivity index (χ3v) is 4.42. The first-order chi connectivity index (χ1) is 11.2. The fourth-order valence-electron chi connectivity index (χ4n) is 1.76. The van der Waals surface area contributed by atoms with Crippen LogP contribution in [0.1, 0.15) is 10.5 Å². The van der Waals surface area contributed by atoms with Gasteiger partial charge in [-0.2, -0.15) is 0 Å². The van der Waals surface area contributed by atoms with Crippen molar-refractivity contribution in [3.63, 3.8) is 0 Å². The maximum atomic E-state index is 12.3. The SMILES string of the molecule is CNn1ccnc1Sc1ccc(N)c(C(=O)Nc2nccs2)n1. The first-order valence-electron chi connectivity index (χ1n) is 6.53. The van der Waals surface area contributed by atoms with E-state index in [2.05, 4.69) is 25.7 Å². The Morgan fingerprint density at radius 2 is 2.22 bits per heavy atom. The molecular weight excluding hydrogens is 334 g/mol. The molecule has 0 bridgehead atoms. The number of nitrogens with two attached hydrogens (primary N) is 1. The number of anilines is 2. The van der Waals surface area contributed by atoms with Gasteiger partial charge in [0.25, 0.3) is 5.91 Å². The van der Waals surface area contributed by atoms with Gasteiger partial charge in [0.05, 0.1) is 5.69 Å². The standard InChI is InChI=1S/C13H13N7OS2/c1-15-20-6-4-17-13(20)23-9-3-2-8(14)10(18-9)11(21)19-12-16-5-7-22-12/h2-7,15H,14H2,1H3,(H,16,19,21). The Labute approximate surface area is 140 Å². The molecule has 3 aromatic rings. The largest absolute Gasteiger partial charge is 0.397 e. The van der Waals surface area contributed by atoms with Crippen LogP contribution in [0.4, 0.5) is 10.8 Å². The highest BCUT2D eigenvalue weighted by atomic mass is 32.2. The predicted molar refractivity (Wildman–Crippen MR) is 90.4 cm³/mol. The molecule has 0 aromatic carbocycles. The molecule has 0 radical (unpaired) electrons. The Bertz CT molecular complexity index is 816. The average Bonchev–Trinajstić information content (AvgIpc) is 3.20. The van der Waals surface area contributed by atoms with Gasteiger partial charge in [-0.05, 0) is 23.9 Å². The van der Waals surface area contributed by atoms with Crippen molar-refractivity contribution >= 4 is 39.8 Å². The molecule has 0 saturated carbocycles. The van der Waals surface area contributed by atoms with Gasteiger partial charge in [0.1, 0.15) is 5.03 Å². The Balaban J connectivity index is 1.82. The minimum absolute atomic E-state index is 0.160. The first kappa shape index (κ1) is 15.3. The van der Waals surface area contributed by atoms with Crippen LogP contribution in [0.3, 0.4) is 0 Å². The number of rotatable bonds is 5. The number of nitrogens with zero attached hydrogens (tertiary/aromatic N) is 4. The average molecular weight is 347 g/mol. The number of carbonyl (C=O) groups excluding carboxylic acids is 1. The molecule has 118 valence electrons. The third kappa shape index (κ3) is 3.43. The van der Waals surface area contributed by atoms with Gasteiger partial charge >= 0.3 is 0 Å². The lowest BCUT2D eigenvalue weighted by Crippen LogP contribution is -2.16. The van der Waals surface area contributed by atoms with Gasteiger partial charge in [-0.15, -0.1) is 11.3 Å². The van der Waals surface area contributed by atoms with Gasteiger partial charge in [-0.25, -0.2) is 19.6 Å². The van der Waals surface area contributed by atoms with E-state index in [1.165, 1.54) is 23.1 Å². The highest BCUT2D eigenvalue weighted by Gasteiger charge is 2.15. The van der Waals surface area contributed by atoms with Gasteiger partial charge in [-0.3, -0.25) is 10.1 Å². The lowest BCUT2D eigenvalue weighted by molar-refractivity contribution is 0.102. The molecule has 3 rings (SSSR count). The number of nitrogens with one attached hydrogen (secondary N) is 2. The van der Waals surface area contributed by atoms with Crippen LogP contribution in [0.25, 0.3) is 0 Å². The number of aromatic nitrogens is 4. The van der Waals surface area contributed by atoms with Gasteiger partial charge in [0.2, 0.25) is 0 Å². The van der Waals surface area contributed by atoms with Crippen LogP contribution in [-0.4, -0.2) is 32.6 Å². The summed E-state index contributed by atoms with van der Waals surface area (Å²) in [5, 5.41) is 6.27. The molecule has 0 aliphatic carbocycles. The number of hydrogen-bond acceptors (Lipinski definition) is 8. The lowest BCUT2D eigenvalue weighted by atomic mass is 10.3. The molecule has 0 spiro atoms. The Kier molecular flexibility index (Phi) is 4.44. The Hall–Kier alpha value is -2.59. The quantitative estimate of drug-likeness (QED) is 0.646. The van der Waals surface area contributed by atoms with Gasteiger partial charge < -0.3 is 11.2 Å². The second-order valence-electron chi connectivity index (χ2n) is 4.28. The number of hydrogen-bond donors (Lipinski definition) is 3. The number of imidazole rings is 1. The summed E-state index contributed by atoms with van der Waals surface area (Å²) in [6.07, 6.45) is 5.07. The Morgan fingerprint density at radius 1 is 1.35 bits per heavy atom. The van der Waals surface area contributed by atoms with E-state index in [0.29, 0.717) is 21.0 Å². The van der Waals surface area contributed by atoms with Crippen molar-refractivity contribution in [2.45, 2.75) is 10.2 Å². The van der Waals surface area contributed by atoms with E-state index in [0.717, 1.165) is 0 Å². The summed E-state index contributed by atoms with van der Waals surface area (Å²) in [7, 11) is 1.79. The molecule has 4 N–H and O–H groups in total. The number of nitrogen functional groups attached to an aromatic ring is 1. The lowest BCUT2D eigenvalue weighted by Gasteiger charge is -2.08. The summed E-state index contributed by atoms with van der Waals surface area (Å²) in [6.45, 7) is 0. The van der Waals surface area contributed by atoms with Crippen LogP contribution in [0.5, 0.6) is 0 Å². The molecule has 0 aliphatic rings. The summed E-state index contributed by atoms with van der Waals surface area (Å²) >= 11 is 2.65. The number of thiazole rings is 1. The number of amides is 1. The second-order valence-corrected chi connectivity index (χ2v) is 6.17. The van der Waals surface area contributed by atoms with Gasteiger partial charge in [-0.1, -0.05) is 0 Å². The monoisotopic (exact) mass is 347 g/mol. The summed E-state index contributed by atoms with van der Waals surface area (Å²) in [5.74, 6) is -0.392. The Morgan fingerprint density at radius 3 is 2.96 bits per heavy atom. The van der Waals surface area contributed by atoms with Crippen LogP contribution in [0.15, 0.2) is 46.3 Å². The van der Waals surface area contributed by atoms with E-state index in [-0.39, 0.29) is 5.69 Å². The van der Waals surface area contributed by atoms with Crippen molar-refractivity contribution < 1.29 is 4.79 Å². The molecule has 0 atom stereocenters. The summed E-state index contributed by atoms with van der Waals surface area (Å²) in [6, 6.07) is 3.40. The molecule has 0 unspecified atom stereocenters. The van der Waals surface area contributed by atoms with Gasteiger partial charge in [0.15, 0.2) is 16.0 Å². The summed E-state index contributed by atoms with van der Waals surface area (Å²) in [5.41, 5.74) is 9.30. The highest BCUT2D eigenvalue weighted by molar-refractivity contribution is 7.99. The minimum Gasteiger partial charge on any atom is -0.397 e. The summed E-state index contributed by atoms with van der Waals surface area (Å²) in [4.78, 5) is 24.8. The number of pyridine rings is 1. The topological polar surface area (TPSA) is 111 Å². The van der Waals surface area contributed by atoms with Crippen LogP contribution in [0, 0.1) is 0 Å². The van der Waals surface area contributed by atoms with Crippen molar-refractivity contribution in [2.75, 3.05) is 23.5 Å². The molecule has 8 nitrogen and oxygen atoms in total. The number of carbonyl (C=O) groups is 1. The maximum absolute atomic E-state index is 12.3. The molecule has 10 heteroatoms. The zero-order valence-corrected chi connectivity index (χ0v) is 13.7. The second kappa shape index (κ2) is 6.67. The maximum Gasteiger partial charge on any atom is 0.278 e. The normalized spacial score (nSPS) is 10.5. The van der Waals surface area contributed by atoms with Crippen LogP contribution < -0.4 is 16.5 Å². The minimum atomic E-state index is -0.392. The fraction of sp³-hybridized carbons (Fsp3) is 0.0769. The smallest absolute Gasteiger partial charge is 0.278 e. The van der Waals surface area contributed by atoms with E-state index in [9.17, 15) is 4.79 Å². The highest BCUT2D eigenvalue weighted by Crippen LogP contribution is 2.26. The van der Waals surface area contributed by atoms with Gasteiger partial charge in [0, 0.05) is 31.0 Å². The zero-order chi connectivity index (χ0) is 16.2. The van der Waals surface area contributed by atoms with E-state index >= 15 is 0 Å². The molecule has 0 fully saturated rings. The van der Waals surface area contributed by atoms with E-state index in [1.54, 1.807) is 47.8 Å². The molecule has 1 amide bonds. The van der Waals surface area contributed by atoms with Crippen molar-refractivity contribution in [2.24, 2.45) is 0 Å². The summed E-state index contributed by atoms with van der Waals surface area (Å²) < 4.78 is 1.75. The molecule has 23 heavy (non-hydrogen) atoms. The van der Waals surface area contributed by atoms with Crippen molar-refractivity contribution in [1.82, 2.24) is 19.6 Å². The van der Waals surface area contributed by atoms with E-state index < -0.39 is 5.91 Å². The van der Waals surface area contributed by atoms with E-state index in [1.807, 2.05) is 0 Å². The van der Waals surface area contributed by atoms with Crippen LogP contribution in [-0.2, 0) is 0 Å². The third-order valence-electron chi connectivity index (χ3n) is 2.81. The molecule has 0 aliphatic heterocycles. The van der Waals surface area contributed by atoms with Crippen LogP contribution in [0.2, 0.25) is 0 Å². The fourth-order valence-corrected chi connectivity index (χ4v) is 3.11. The molecular formula is C13H13N7OS2. The molecule has 3 heterocycles. The van der Waals surface area contributed by atoms with Crippen molar-refractivity contribution in [3.05, 3.63) is 41.8 Å². The van der Waals surface area contributed by atoms with Crippen molar-refractivity contribution in [1.29, 1.82) is 0 Å². The predicted octanol–water partition coefficient (Wildman–Crippen LogP) is 1.89. The zero-order valence-electron chi connectivity index (χ0n) is 12.1. The van der Waals surface area contributed by atoms with Crippen molar-refractivity contribution in [3.8, 4) is 0 Å². The molecule has 3 aromatic heterocycles. The molecule has 0 saturated heterocycles. The first-order valence-corrected chi connectivity index (χ1v) is 8.23. The van der Waals surface area contributed by atoms with E-state index in [4.69, 9.17) is 5.73 Å².